The van der Waals surface area contributed by atoms with E-state index in [0.717, 1.165) is 17.6 Å². The summed E-state index contributed by atoms with van der Waals surface area (Å²) in [4.78, 5) is 0. The number of hydrogen-bond acceptors (Lipinski definition) is 0. The van der Waals surface area contributed by atoms with E-state index in [0.29, 0.717) is 0 Å². The quantitative estimate of drug-likeness (QED) is 0.419. The zero-order chi connectivity index (χ0) is 16.7. The lowest BCUT2D eigenvalue weighted by atomic mass is 9.65. The predicted molar refractivity (Wildman–Crippen MR) is 102 cm³/mol. The standard InChI is InChI=1S/C23H24/c1-5-13-20(6-2)23(18-19(3)4,21-14-9-7-10-15-21)22-16-11-8-12-17-22/h5-17H,1-3,18H2,4H3/b20-13+. The van der Waals surface area contributed by atoms with Crippen molar-refractivity contribution in [2.24, 2.45) is 0 Å². The molecule has 2 aromatic rings. The Morgan fingerprint density at radius 1 is 0.913 bits per heavy atom. The molecule has 0 radical (unpaired) electrons. The van der Waals surface area contributed by atoms with Crippen molar-refractivity contribution in [1.29, 1.82) is 0 Å². The fraction of sp³-hybridized carbons (Fsp3) is 0.130. The predicted octanol–water partition coefficient (Wildman–Crippen LogP) is 6.24. The molecule has 0 amide bonds. The fourth-order valence-corrected chi connectivity index (χ4v) is 3.22. The molecule has 0 fully saturated rings. The van der Waals surface area contributed by atoms with Crippen LogP contribution >= 0.6 is 0 Å². The second-order valence-corrected chi connectivity index (χ2v) is 5.83. The smallest absolute Gasteiger partial charge is 0.0487 e. The summed E-state index contributed by atoms with van der Waals surface area (Å²) in [6.07, 6.45) is 6.64. The van der Waals surface area contributed by atoms with Crippen LogP contribution in [0.15, 0.2) is 110 Å². The molecule has 0 saturated carbocycles. The van der Waals surface area contributed by atoms with E-state index in [1.807, 2.05) is 24.3 Å². The van der Waals surface area contributed by atoms with E-state index in [1.165, 1.54) is 11.1 Å². The van der Waals surface area contributed by atoms with Crippen molar-refractivity contribution in [2.45, 2.75) is 18.8 Å². The zero-order valence-electron chi connectivity index (χ0n) is 13.8. The van der Waals surface area contributed by atoms with Gasteiger partial charge >= 0.3 is 0 Å². The lowest BCUT2D eigenvalue weighted by Crippen LogP contribution is -2.30. The van der Waals surface area contributed by atoms with Crippen LogP contribution in [-0.2, 0) is 5.41 Å². The van der Waals surface area contributed by atoms with Gasteiger partial charge < -0.3 is 0 Å². The minimum Gasteiger partial charge on any atom is -0.100 e. The summed E-state index contributed by atoms with van der Waals surface area (Å²) in [7, 11) is 0. The number of benzene rings is 2. The molecule has 0 N–H and O–H groups in total. The minimum absolute atomic E-state index is 0.301. The largest absolute Gasteiger partial charge is 0.100 e. The van der Waals surface area contributed by atoms with Crippen LogP contribution in [0.5, 0.6) is 0 Å². The topological polar surface area (TPSA) is 0 Å². The van der Waals surface area contributed by atoms with Crippen molar-refractivity contribution in [1.82, 2.24) is 0 Å². The molecule has 0 nitrogen and oxygen atoms in total. The molecule has 0 heteroatoms. The highest BCUT2D eigenvalue weighted by atomic mass is 14.4. The van der Waals surface area contributed by atoms with Gasteiger partial charge in [0, 0.05) is 5.41 Å². The van der Waals surface area contributed by atoms with Gasteiger partial charge in [-0.1, -0.05) is 97.6 Å². The summed E-state index contributed by atoms with van der Waals surface area (Å²) in [5.74, 6) is 0. The summed E-state index contributed by atoms with van der Waals surface area (Å²) in [5, 5.41) is 0. The maximum absolute atomic E-state index is 4.18. The second-order valence-electron chi connectivity index (χ2n) is 5.83. The van der Waals surface area contributed by atoms with Crippen LogP contribution < -0.4 is 0 Å². The molecule has 0 atom stereocenters. The SMILES string of the molecule is C=C/C=C(\C=C)C(CC(=C)C)(c1ccccc1)c1ccccc1. The Balaban J connectivity index is 2.84. The number of rotatable bonds is 7. The van der Waals surface area contributed by atoms with Crippen molar-refractivity contribution in [3.63, 3.8) is 0 Å². The van der Waals surface area contributed by atoms with Crippen LogP contribution in [-0.4, -0.2) is 0 Å². The lowest BCUT2D eigenvalue weighted by Gasteiger charge is -2.37. The lowest BCUT2D eigenvalue weighted by molar-refractivity contribution is 0.609. The monoisotopic (exact) mass is 300 g/mol. The molecular formula is C23H24. The molecule has 0 aliphatic heterocycles. The zero-order valence-corrected chi connectivity index (χ0v) is 13.8. The van der Waals surface area contributed by atoms with Gasteiger partial charge in [0.15, 0.2) is 0 Å². The van der Waals surface area contributed by atoms with Gasteiger partial charge in [0.2, 0.25) is 0 Å². The third-order valence-corrected chi connectivity index (χ3v) is 4.11. The summed E-state index contributed by atoms with van der Waals surface area (Å²) in [6.45, 7) is 14.2. The molecule has 23 heavy (non-hydrogen) atoms. The van der Waals surface area contributed by atoms with Crippen LogP contribution in [0.1, 0.15) is 24.5 Å². The van der Waals surface area contributed by atoms with Gasteiger partial charge in [0.05, 0.1) is 0 Å². The molecule has 0 saturated heterocycles. The maximum Gasteiger partial charge on any atom is 0.0487 e. The maximum atomic E-state index is 4.18. The Morgan fingerprint density at radius 2 is 1.39 bits per heavy atom. The third kappa shape index (κ3) is 3.43. The highest BCUT2D eigenvalue weighted by Crippen LogP contribution is 2.44. The molecule has 0 heterocycles. The summed E-state index contributed by atoms with van der Waals surface area (Å²) >= 11 is 0. The molecule has 0 aliphatic carbocycles. The van der Waals surface area contributed by atoms with Crippen molar-refractivity contribution in [3.05, 3.63) is 121 Å². The Bertz CT molecular complexity index is 663. The van der Waals surface area contributed by atoms with Crippen molar-refractivity contribution < 1.29 is 0 Å². The van der Waals surface area contributed by atoms with Gasteiger partial charge in [-0.2, -0.15) is 0 Å². The molecule has 0 aromatic heterocycles. The van der Waals surface area contributed by atoms with Crippen LogP contribution in [0.3, 0.4) is 0 Å². The first-order valence-electron chi connectivity index (χ1n) is 7.86. The van der Waals surface area contributed by atoms with Gasteiger partial charge in [-0.25, -0.2) is 0 Å². The third-order valence-electron chi connectivity index (χ3n) is 4.11. The first-order chi connectivity index (χ1) is 11.1. The van der Waals surface area contributed by atoms with E-state index >= 15 is 0 Å². The summed E-state index contributed by atoms with van der Waals surface area (Å²) < 4.78 is 0. The van der Waals surface area contributed by atoms with Crippen molar-refractivity contribution >= 4 is 0 Å². The van der Waals surface area contributed by atoms with Gasteiger partial charge in [-0.3, -0.25) is 0 Å². The van der Waals surface area contributed by atoms with E-state index in [9.17, 15) is 0 Å². The second kappa shape index (κ2) is 7.60. The van der Waals surface area contributed by atoms with Gasteiger partial charge in [0.25, 0.3) is 0 Å². The van der Waals surface area contributed by atoms with E-state index in [-0.39, 0.29) is 5.41 Å². The van der Waals surface area contributed by atoms with Crippen LogP contribution in [0.25, 0.3) is 0 Å². The molecule has 0 unspecified atom stereocenters. The molecule has 0 spiro atoms. The Hall–Kier alpha value is -2.60. The van der Waals surface area contributed by atoms with Crippen LogP contribution in [0.4, 0.5) is 0 Å². The van der Waals surface area contributed by atoms with Crippen molar-refractivity contribution in [3.8, 4) is 0 Å². The van der Waals surface area contributed by atoms with E-state index in [1.54, 1.807) is 0 Å². The Labute approximate surface area is 140 Å². The molecule has 2 rings (SSSR count). The van der Waals surface area contributed by atoms with Crippen LogP contribution in [0.2, 0.25) is 0 Å². The summed E-state index contributed by atoms with van der Waals surface area (Å²) in [5.41, 5.74) is 4.44. The minimum atomic E-state index is -0.301. The van der Waals surface area contributed by atoms with E-state index in [2.05, 4.69) is 81.3 Å². The average Bonchev–Trinajstić information content (AvgIpc) is 2.59. The van der Waals surface area contributed by atoms with Gasteiger partial charge in [-0.05, 0) is 30.0 Å². The highest BCUT2D eigenvalue weighted by Gasteiger charge is 2.36. The van der Waals surface area contributed by atoms with E-state index < -0.39 is 0 Å². The number of allylic oxidation sites excluding steroid dienone is 5. The molecular weight excluding hydrogens is 276 g/mol. The normalized spacial score (nSPS) is 11.8. The average molecular weight is 300 g/mol. The van der Waals surface area contributed by atoms with Gasteiger partial charge in [-0.15, -0.1) is 6.58 Å². The molecule has 116 valence electrons. The van der Waals surface area contributed by atoms with Crippen molar-refractivity contribution in [2.75, 3.05) is 0 Å². The summed E-state index contributed by atoms with van der Waals surface area (Å²) in [6, 6.07) is 21.1. The molecule has 0 bridgehead atoms. The first kappa shape index (κ1) is 16.8. The van der Waals surface area contributed by atoms with Crippen LogP contribution in [0, 0.1) is 0 Å². The molecule has 2 aromatic carbocycles. The van der Waals surface area contributed by atoms with E-state index in [4.69, 9.17) is 0 Å². The van der Waals surface area contributed by atoms with Gasteiger partial charge in [0.1, 0.15) is 0 Å². The highest BCUT2D eigenvalue weighted by molar-refractivity contribution is 5.53. The fourth-order valence-electron chi connectivity index (χ4n) is 3.22. The number of hydrogen-bond donors (Lipinski definition) is 0. The first-order valence-corrected chi connectivity index (χ1v) is 7.86. The Kier molecular flexibility index (Phi) is 5.54. The molecule has 0 aliphatic rings. The Morgan fingerprint density at radius 3 is 1.74 bits per heavy atom.